The first kappa shape index (κ1) is 16.6. The third-order valence-electron chi connectivity index (χ3n) is 4.84. The molecule has 1 aliphatic carbocycles. The predicted molar refractivity (Wildman–Crippen MR) is 97.3 cm³/mol. The lowest BCUT2D eigenvalue weighted by Gasteiger charge is -2.29. The van der Waals surface area contributed by atoms with E-state index >= 15 is 0 Å². The summed E-state index contributed by atoms with van der Waals surface area (Å²) in [5, 5.41) is 5.23. The number of amides is 3. The Hall–Kier alpha value is -2.89. The molecule has 0 spiro atoms. The van der Waals surface area contributed by atoms with Crippen molar-refractivity contribution in [3.8, 4) is 0 Å². The Bertz CT molecular complexity index is 864. The van der Waals surface area contributed by atoms with Crippen LogP contribution in [-0.4, -0.2) is 23.4 Å². The van der Waals surface area contributed by atoms with E-state index in [4.69, 9.17) is 0 Å². The molecular weight excluding hydrogens is 333 g/mol. The van der Waals surface area contributed by atoms with Crippen molar-refractivity contribution >= 4 is 23.3 Å². The van der Waals surface area contributed by atoms with Crippen LogP contribution in [0.2, 0.25) is 0 Å². The van der Waals surface area contributed by atoms with E-state index in [-0.39, 0.29) is 17.5 Å². The lowest BCUT2D eigenvalue weighted by molar-refractivity contribution is -0.133. The zero-order chi connectivity index (χ0) is 18.1. The molecule has 4 rings (SSSR count). The Morgan fingerprint density at radius 2 is 1.85 bits per heavy atom. The van der Waals surface area contributed by atoms with Gasteiger partial charge in [0.15, 0.2) is 0 Å². The number of nitrogens with one attached hydrogen (secondary N) is 2. The molecule has 134 valence electrons. The fourth-order valence-corrected chi connectivity index (χ4v) is 3.26. The van der Waals surface area contributed by atoms with Crippen LogP contribution in [0.1, 0.15) is 24.0 Å². The van der Waals surface area contributed by atoms with Crippen molar-refractivity contribution < 1.29 is 14.0 Å². The number of benzene rings is 2. The molecule has 2 aromatic rings. The molecule has 2 N–H and O–H groups in total. The number of rotatable bonds is 3. The van der Waals surface area contributed by atoms with Crippen LogP contribution in [0, 0.1) is 11.7 Å². The normalized spacial score (nSPS) is 16.0. The molecule has 0 unspecified atom stereocenters. The second-order valence-electron chi connectivity index (χ2n) is 6.83. The molecule has 5 nitrogen and oxygen atoms in total. The Balaban J connectivity index is 1.43. The Morgan fingerprint density at radius 1 is 1.04 bits per heavy atom. The summed E-state index contributed by atoms with van der Waals surface area (Å²) < 4.78 is 13.6. The summed E-state index contributed by atoms with van der Waals surface area (Å²) in [5.74, 6) is -0.0296. The molecule has 26 heavy (non-hydrogen) atoms. The van der Waals surface area contributed by atoms with Gasteiger partial charge in [0, 0.05) is 24.7 Å². The maximum absolute atomic E-state index is 13.6. The summed E-state index contributed by atoms with van der Waals surface area (Å²) in [5.41, 5.74) is 3.00. The van der Waals surface area contributed by atoms with E-state index in [1.165, 1.54) is 17.7 Å². The lowest BCUT2D eigenvalue weighted by atomic mass is 9.98. The molecule has 0 bridgehead atoms. The SMILES string of the molecule is O=C(Nc1ccc2c(c1)CN(C(=O)C1CC1)CC2)Nc1ccccc1F. The number of carbonyl (C=O) groups is 2. The monoisotopic (exact) mass is 353 g/mol. The summed E-state index contributed by atoms with van der Waals surface area (Å²) in [6.45, 7) is 1.33. The average molecular weight is 353 g/mol. The number of anilines is 2. The van der Waals surface area contributed by atoms with Gasteiger partial charge in [0.25, 0.3) is 0 Å². The van der Waals surface area contributed by atoms with E-state index in [0.29, 0.717) is 12.2 Å². The lowest BCUT2D eigenvalue weighted by Crippen LogP contribution is -2.36. The van der Waals surface area contributed by atoms with Crippen molar-refractivity contribution in [1.29, 1.82) is 0 Å². The smallest absolute Gasteiger partial charge is 0.323 e. The van der Waals surface area contributed by atoms with Gasteiger partial charge < -0.3 is 15.5 Å². The maximum Gasteiger partial charge on any atom is 0.323 e. The summed E-state index contributed by atoms with van der Waals surface area (Å²) in [4.78, 5) is 26.3. The van der Waals surface area contributed by atoms with Gasteiger partial charge in [-0.15, -0.1) is 0 Å². The van der Waals surface area contributed by atoms with E-state index in [1.807, 2.05) is 23.1 Å². The minimum atomic E-state index is -0.503. The Labute approximate surface area is 151 Å². The quantitative estimate of drug-likeness (QED) is 0.882. The number of fused-ring (bicyclic) bond motifs is 1. The third-order valence-corrected chi connectivity index (χ3v) is 4.84. The topological polar surface area (TPSA) is 61.4 Å². The van der Waals surface area contributed by atoms with Crippen LogP contribution in [0.5, 0.6) is 0 Å². The number of nitrogens with zero attached hydrogens (tertiary/aromatic N) is 1. The molecule has 1 fully saturated rings. The van der Waals surface area contributed by atoms with E-state index in [0.717, 1.165) is 31.4 Å². The van der Waals surface area contributed by atoms with Crippen LogP contribution in [0.25, 0.3) is 0 Å². The first-order chi connectivity index (χ1) is 12.6. The summed E-state index contributed by atoms with van der Waals surface area (Å²) in [6.07, 6.45) is 2.83. The molecule has 2 aliphatic rings. The first-order valence-corrected chi connectivity index (χ1v) is 8.83. The second-order valence-corrected chi connectivity index (χ2v) is 6.83. The van der Waals surface area contributed by atoms with E-state index in [2.05, 4.69) is 10.6 Å². The van der Waals surface area contributed by atoms with Crippen LogP contribution in [-0.2, 0) is 17.8 Å². The molecule has 3 amide bonds. The summed E-state index contributed by atoms with van der Waals surface area (Å²) >= 11 is 0. The highest BCUT2D eigenvalue weighted by Crippen LogP contribution is 2.33. The highest BCUT2D eigenvalue weighted by Gasteiger charge is 2.34. The zero-order valence-corrected chi connectivity index (χ0v) is 14.3. The molecule has 1 heterocycles. The van der Waals surface area contributed by atoms with Gasteiger partial charge in [0.1, 0.15) is 5.82 Å². The molecule has 1 saturated carbocycles. The molecule has 0 atom stereocenters. The minimum Gasteiger partial charge on any atom is -0.338 e. The number of hydrogen-bond donors (Lipinski definition) is 2. The number of para-hydroxylation sites is 1. The average Bonchev–Trinajstić information content (AvgIpc) is 3.47. The fraction of sp³-hybridized carbons (Fsp3) is 0.300. The minimum absolute atomic E-state index is 0.129. The van der Waals surface area contributed by atoms with Crippen LogP contribution < -0.4 is 10.6 Å². The van der Waals surface area contributed by atoms with E-state index in [1.54, 1.807) is 12.1 Å². The molecule has 0 aromatic heterocycles. The van der Waals surface area contributed by atoms with Gasteiger partial charge in [-0.05, 0) is 54.7 Å². The van der Waals surface area contributed by atoms with Crippen molar-refractivity contribution in [3.63, 3.8) is 0 Å². The van der Waals surface area contributed by atoms with Crippen LogP contribution in [0.4, 0.5) is 20.6 Å². The van der Waals surface area contributed by atoms with Crippen molar-refractivity contribution in [2.45, 2.75) is 25.8 Å². The largest absolute Gasteiger partial charge is 0.338 e. The van der Waals surface area contributed by atoms with Crippen molar-refractivity contribution in [3.05, 3.63) is 59.4 Å². The Kier molecular flexibility index (Phi) is 4.32. The predicted octanol–water partition coefficient (Wildman–Crippen LogP) is 3.76. The third kappa shape index (κ3) is 3.54. The van der Waals surface area contributed by atoms with Crippen molar-refractivity contribution in [1.82, 2.24) is 4.90 Å². The molecule has 0 radical (unpaired) electrons. The van der Waals surface area contributed by atoms with Crippen LogP contribution in [0.15, 0.2) is 42.5 Å². The number of urea groups is 1. The fourth-order valence-electron chi connectivity index (χ4n) is 3.26. The van der Waals surface area contributed by atoms with Gasteiger partial charge in [-0.25, -0.2) is 9.18 Å². The van der Waals surface area contributed by atoms with Crippen LogP contribution >= 0.6 is 0 Å². The van der Waals surface area contributed by atoms with Gasteiger partial charge in [0.05, 0.1) is 5.69 Å². The number of hydrogen-bond acceptors (Lipinski definition) is 2. The summed E-state index contributed by atoms with van der Waals surface area (Å²) in [7, 11) is 0. The standard InChI is InChI=1S/C20H20FN3O2/c21-17-3-1-2-4-18(17)23-20(26)22-16-8-7-13-9-10-24(12-15(13)11-16)19(25)14-5-6-14/h1-4,7-8,11,14H,5-6,9-10,12H2,(H2,22,23,26). The zero-order valence-electron chi connectivity index (χ0n) is 14.3. The molecule has 2 aromatic carbocycles. The number of halogens is 1. The van der Waals surface area contributed by atoms with Gasteiger partial charge in [-0.3, -0.25) is 4.79 Å². The molecule has 6 heteroatoms. The van der Waals surface area contributed by atoms with E-state index < -0.39 is 11.8 Å². The van der Waals surface area contributed by atoms with Gasteiger partial charge >= 0.3 is 6.03 Å². The van der Waals surface area contributed by atoms with Crippen molar-refractivity contribution in [2.75, 3.05) is 17.2 Å². The maximum atomic E-state index is 13.6. The number of carbonyl (C=O) groups excluding carboxylic acids is 2. The second kappa shape index (κ2) is 6.78. The highest BCUT2D eigenvalue weighted by atomic mass is 19.1. The van der Waals surface area contributed by atoms with Crippen molar-refractivity contribution in [2.24, 2.45) is 5.92 Å². The first-order valence-electron chi connectivity index (χ1n) is 8.83. The molecular formula is C20H20FN3O2. The summed E-state index contributed by atoms with van der Waals surface area (Å²) in [6, 6.07) is 11.2. The Morgan fingerprint density at radius 3 is 2.62 bits per heavy atom. The molecule has 0 saturated heterocycles. The highest BCUT2D eigenvalue weighted by molar-refractivity contribution is 5.99. The van der Waals surface area contributed by atoms with Gasteiger partial charge in [-0.2, -0.15) is 0 Å². The molecule has 1 aliphatic heterocycles. The van der Waals surface area contributed by atoms with Crippen LogP contribution in [0.3, 0.4) is 0 Å². The van der Waals surface area contributed by atoms with E-state index in [9.17, 15) is 14.0 Å². The van der Waals surface area contributed by atoms with Gasteiger partial charge in [-0.1, -0.05) is 18.2 Å². The van der Waals surface area contributed by atoms with Gasteiger partial charge in [0.2, 0.25) is 5.91 Å².